The van der Waals surface area contributed by atoms with E-state index in [1.807, 2.05) is 0 Å². The number of rotatable bonds is 7. The highest BCUT2D eigenvalue weighted by Gasteiger charge is 1.95. The van der Waals surface area contributed by atoms with Gasteiger partial charge in [-0.15, -0.1) is 0 Å². The Morgan fingerprint density at radius 1 is 0.533 bits per heavy atom. The molecule has 1 rings (SSSR count). The van der Waals surface area contributed by atoms with Crippen LogP contribution in [0.3, 0.4) is 0 Å². The van der Waals surface area contributed by atoms with Gasteiger partial charge in [0.2, 0.25) is 0 Å². The van der Waals surface area contributed by atoms with Crippen molar-refractivity contribution in [1.29, 1.82) is 0 Å². The Kier molecular flexibility index (Phi) is 20.0. The number of hydrogen-bond donors (Lipinski definition) is 0. The Morgan fingerprint density at radius 3 is 1.00 bits per heavy atom. The molecule has 0 aromatic rings. The van der Waals surface area contributed by atoms with E-state index in [1.165, 1.54) is 77.0 Å². The van der Waals surface area contributed by atoms with E-state index in [1.54, 1.807) is 0 Å². The van der Waals surface area contributed by atoms with Crippen molar-refractivity contribution in [2.75, 3.05) is 0 Å². The lowest BCUT2D eigenvalue weighted by Crippen LogP contribution is -1.85. The molecule has 0 nitrogen and oxygen atoms in total. The molecule has 1 atom stereocenters. The van der Waals surface area contributed by atoms with Crippen LogP contribution in [0, 0.1) is 0 Å². The van der Waals surface area contributed by atoms with E-state index in [-0.39, 0.29) is 9.90 Å². The van der Waals surface area contributed by atoms with Gasteiger partial charge in [0.05, 0.1) is 0 Å². The Hall–Kier alpha value is 0.430. The van der Waals surface area contributed by atoms with Gasteiger partial charge in [-0.05, 0) is 0 Å². The molecule has 1 aliphatic carbocycles. The third kappa shape index (κ3) is 17.1. The molecule has 1 saturated carbocycles. The van der Waals surface area contributed by atoms with Gasteiger partial charge in [0, 0.05) is 0 Å². The second-order valence-electron chi connectivity index (χ2n) is 4.54. The Morgan fingerprint density at radius 2 is 0.800 bits per heavy atom. The molecule has 0 spiro atoms. The molecule has 1 fully saturated rings. The van der Waals surface area contributed by atoms with Crippen molar-refractivity contribution in [1.82, 2.24) is 0 Å². The molecule has 0 radical (unpaired) electrons. The minimum atomic E-state index is 0. The van der Waals surface area contributed by atoms with Crippen LogP contribution < -0.4 is 0 Å². The smallest absolute Gasteiger partial charge is 0.0533 e. The maximum absolute atomic E-state index is 2.27. The molecule has 94 valence electrons. The zero-order chi connectivity index (χ0) is 10.5. The first-order valence-electron chi connectivity index (χ1n) is 6.91. The fourth-order valence-corrected chi connectivity index (χ4v) is 1.46. The van der Waals surface area contributed by atoms with Crippen LogP contribution in [-0.2, 0) is 0 Å². The standard InChI is InChI=1S/C10H22.C4H8.H3P/c1-3-5-7-9-10-8-6-4-2;1-2-4-3-1;/h3-10H2,1-2H3;1-4H2;1H3. The molecule has 0 bridgehead atoms. The number of unbranched alkanes of at least 4 members (excludes halogenated alkanes) is 7. The minimum absolute atomic E-state index is 0. The summed E-state index contributed by atoms with van der Waals surface area (Å²) in [7, 11) is 0. The second-order valence-corrected chi connectivity index (χ2v) is 4.54. The van der Waals surface area contributed by atoms with Crippen molar-refractivity contribution in [3.63, 3.8) is 0 Å². The largest absolute Gasteiger partial charge is 0.153 e. The molecule has 15 heavy (non-hydrogen) atoms. The maximum atomic E-state index is 2.27. The van der Waals surface area contributed by atoms with Crippen molar-refractivity contribution >= 4 is 9.90 Å². The SMILES string of the molecule is C1CCC1.CCCCCCCCCC.P. The molecule has 0 N–H and O–H groups in total. The van der Waals surface area contributed by atoms with E-state index in [0.29, 0.717) is 0 Å². The van der Waals surface area contributed by atoms with Crippen LogP contribution in [0.25, 0.3) is 0 Å². The summed E-state index contributed by atoms with van der Waals surface area (Å²) < 4.78 is 0. The highest BCUT2D eigenvalue weighted by Crippen LogP contribution is 2.15. The molecule has 1 unspecified atom stereocenters. The van der Waals surface area contributed by atoms with E-state index in [9.17, 15) is 0 Å². The Labute approximate surface area is 101 Å². The molecule has 0 aromatic carbocycles. The van der Waals surface area contributed by atoms with Gasteiger partial charge in [0.15, 0.2) is 0 Å². The van der Waals surface area contributed by atoms with Gasteiger partial charge in [0.1, 0.15) is 0 Å². The predicted octanol–water partition coefficient (Wildman–Crippen LogP) is 5.77. The van der Waals surface area contributed by atoms with E-state index in [2.05, 4.69) is 13.8 Å². The summed E-state index contributed by atoms with van der Waals surface area (Å²) in [6, 6.07) is 0. The van der Waals surface area contributed by atoms with Gasteiger partial charge in [-0.25, -0.2) is 0 Å². The maximum Gasteiger partial charge on any atom is -0.0533 e. The van der Waals surface area contributed by atoms with Crippen molar-refractivity contribution in [2.24, 2.45) is 0 Å². The Bertz CT molecular complexity index is 75.3. The first kappa shape index (κ1) is 17.8. The summed E-state index contributed by atoms with van der Waals surface area (Å²) in [5, 5.41) is 0. The lowest BCUT2D eigenvalue weighted by atomic mass is 10.0. The lowest BCUT2D eigenvalue weighted by Gasteiger charge is -2.05. The van der Waals surface area contributed by atoms with Gasteiger partial charge in [-0.3, -0.25) is 0 Å². The molecule has 0 aliphatic heterocycles. The molecule has 0 aromatic heterocycles. The van der Waals surface area contributed by atoms with Crippen LogP contribution in [0.4, 0.5) is 0 Å². The predicted molar refractivity (Wildman–Crippen MR) is 77.9 cm³/mol. The average Bonchev–Trinajstić information content (AvgIpc) is 2.08. The quantitative estimate of drug-likeness (QED) is 0.386. The molecule has 0 saturated heterocycles. The third-order valence-corrected chi connectivity index (χ3v) is 2.96. The summed E-state index contributed by atoms with van der Waals surface area (Å²) >= 11 is 0. The highest BCUT2D eigenvalue weighted by atomic mass is 31.0. The van der Waals surface area contributed by atoms with Crippen molar-refractivity contribution in [2.45, 2.75) is 90.9 Å². The van der Waals surface area contributed by atoms with Crippen LogP contribution >= 0.6 is 9.90 Å². The molecular weight excluding hydrogens is 199 g/mol. The number of hydrogen-bond acceptors (Lipinski definition) is 0. The van der Waals surface area contributed by atoms with Crippen LogP contribution in [0.15, 0.2) is 0 Å². The summed E-state index contributed by atoms with van der Waals surface area (Å²) in [5.41, 5.74) is 0. The molecule has 1 heteroatoms. The lowest BCUT2D eigenvalue weighted by molar-refractivity contribution is 0.504. The van der Waals surface area contributed by atoms with E-state index in [4.69, 9.17) is 0 Å². The van der Waals surface area contributed by atoms with E-state index in [0.717, 1.165) is 0 Å². The van der Waals surface area contributed by atoms with Gasteiger partial charge in [0.25, 0.3) is 0 Å². The van der Waals surface area contributed by atoms with Crippen LogP contribution in [0.5, 0.6) is 0 Å². The summed E-state index contributed by atoms with van der Waals surface area (Å²) in [5.74, 6) is 0. The van der Waals surface area contributed by atoms with Gasteiger partial charge in [-0.2, -0.15) is 9.90 Å². The molecule has 0 amide bonds. The molecule has 0 heterocycles. The fourth-order valence-electron chi connectivity index (χ4n) is 1.46. The summed E-state index contributed by atoms with van der Waals surface area (Å²) in [4.78, 5) is 0. The van der Waals surface area contributed by atoms with Gasteiger partial charge < -0.3 is 0 Å². The van der Waals surface area contributed by atoms with E-state index >= 15 is 0 Å². The third-order valence-electron chi connectivity index (χ3n) is 2.96. The molecule has 1 aliphatic rings. The topological polar surface area (TPSA) is 0 Å². The first-order chi connectivity index (χ1) is 6.91. The zero-order valence-corrected chi connectivity index (χ0v) is 12.6. The fraction of sp³-hybridized carbons (Fsp3) is 1.00. The zero-order valence-electron chi connectivity index (χ0n) is 11.2. The molecular formula is C14H33P. The van der Waals surface area contributed by atoms with Gasteiger partial charge >= 0.3 is 0 Å². The Balaban J connectivity index is 0. The first-order valence-corrected chi connectivity index (χ1v) is 6.91. The van der Waals surface area contributed by atoms with Crippen molar-refractivity contribution in [3.05, 3.63) is 0 Å². The normalized spacial score (nSPS) is 13.2. The second kappa shape index (κ2) is 16.8. The van der Waals surface area contributed by atoms with Crippen LogP contribution in [0.2, 0.25) is 0 Å². The van der Waals surface area contributed by atoms with Gasteiger partial charge in [-0.1, -0.05) is 90.9 Å². The van der Waals surface area contributed by atoms with Crippen LogP contribution in [-0.4, -0.2) is 0 Å². The average molecular weight is 232 g/mol. The van der Waals surface area contributed by atoms with Crippen LogP contribution in [0.1, 0.15) is 90.9 Å². The summed E-state index contributed by atoms with van der Waals surface area (Å²) in [6.07, 6.45) is 17.5. The monoisotopic (exact) mass is 232 g/mol. The van der Waals surface area contributed by atoms with Crippen molar-refractivity contribution < 1.29 is 0 Å². The van der Waals surface area contributed by atoms with E-state index < -0.39 is 0 Å². The summed E-state index contributed by atoms with van der Waals surface area (Å²) in [6.45, 7) is 4.54. The highest BCUT2D eigenvalue weighted by molar-refractivity contribution is 6.92. The minimum Gasteiger partial charge on any atom is -0.153 e. The van der Waals surface area contributed by atoms with Crippen molar-refractivity contribution in [3.8, 4) is 0 Å².